The number of thiazole rings is 1. The highest BCUT2D eigenvalue weighted by molar-refractivity contribution is 7.09. The van der Waals surface area contributed by atoms with Gasteiger partial charge >= 0.3 is 0 Å². The van der Waals surface area contributed by atoms with Crippen molar-refractivity contribution in [2.24, 2.45) is 5.73 Å². The van der Waals surface area contributed by atoms with E-state index in [4.69, 9.17) is 5.73 Å². The van der Waals surface area contributed by atoms with E-state index >= 15 is 0 Å². The van der Waals surface area contributed by atoms with E-state index in [2.05, 4.69) is 48.5 Å². The Kier molecular flexibility index (Phi) is 10.2. The van der Waals surface area contributed by atoms with Gasteiger partial charge in [0.05, 0.1) is 0 Å². The number of benzene rings is 1. The van der Waals surface area contributed by atoms with Crippen LogP contribution in [0.2, 0.25) is 0 Å². The van der Waals surface area contributed by atoms with Gasteiger partial charge in [-0.2, -0.15) is 0 Å². The van der Waals surface area contributed by atoms with Gasteiger partial charge < -0.3 is 16.4 Å². The SMILES string of the molecule is CC(NC(C)(C)CNC(=O)c1csc(CN)n1)c1ccccc1.Cl.Cl. The van der Waals surface area contributed by atoms with E-state index in [9.17, 15) is 4.79 Å². The minimum atomic E-state index is -0.238. The lowest BCUT2D eigenvalue weighted by Crippen LogP contribution is -2.49. The van der Waals surface area contributed by atoms with E-state index in [0.717, 1.165) is 5.01 Å². The first kappa shape index (κ1) is 23.8. The first-order chi connectivity index (χ1) is 10.9. The number of nitrogens with one attached hydrogen (secondary N) is 2. The molecule has 25 heavy (non-hydrogen) atoms. The van der Waals surface area contributed by atoms with Gasteiger partial charge in [0.2, 0.25) is 0 Å². The third-order valence-electron chi connectivity index (χ3n) is 3.56. The largest absolute Gasteiger partial charge is 0.349 e. The zero-order chi connectivity index (χ0) is 16.9. The van der Waals surface area contributed by atoms with E-state index < -0.39 is 0 Å². The Bertz CT molecular complexity index is 649. The lowest BCUT2D eigenvalue weighted by atomic mass is 10.0. The molecule has 1 aromatic heterocycles. The number of nitrogens with two attached hydrogens (primary N) is 1. The van der Waals surface area contributed by atoms with Crippen LogP contribution in [0.5, 0.6) is 0 Å². The van der Waals surface area contributed by atoms with Crippen LogP contribution in [0.4, 0.5) is 0 Å². The summed E-state index contributed by atoms with van der Waals surface area (Å²) in [6, 6.07) is 10.4. The Morgan fingerprint density at radius 2 is 1.92 bits per heavy atom. The Hall–Kier alpha value is -1.18. The highest BCUT2D eigenvalue weighted by Gasteiger charge is 2.22. The molecule has 0 radical (unpaired) electrons. The maximum absolute atomic E-state index is 12.1. The van der Waals surface area contributed by atoms with Gasteiger partial charge in [-0.25, -0.2) is 4.98 Å². The quantitative estimate of drug-likeness (QED) is 0.660. The first-order valence-electron chi connectivity index (χ1n) is 7.66. The monoisotopic (exact) mass is 404 g/mol. The molecule has 0 bridgehead atoms. The molecule has 5 nitrogen and oxygen atoms in total. The highest BCUT2D eigenvalue weighted by Crippen LogP contribution is 2.16. The molecule has 0 spiro atoms. The average Bonchev–Trinajstić information content (AvgIpc) is 3.02. The van der Waals surface area contributed by atoms with Crippen LogP contribution >= 0.6 is 36.2 Å². The predicted molar refractivity (Wildman–Crippen MR) is 109 cm³/mol. The number of nitrogens with zero attached hydrogens (tertiary/aromatic N) is 1. The first-order valence-corrected chi connectivity index (χ1v) is 8.54. The van der Waals surface area contributed by atoms with Crippen molar-refractivity contribution in [3.05, 3.63) is 52.0 Å². The van der Waals surface area contributed by atoms with Gasteiger partial charge in [-0.15, -0.1) is 36.2 Å². The lowest BCUT2D eigenvalue weighted by molar-refractivity contribution is 0.0936. The molecule has 1 heterocycles. The summed E-state index contributed by atoms with van der Waals surface area (Å²) in [6.07, 6.45) is 0. The molecule has 140 valence electrons. The second kappa shape index (κ2) is 10.7. The summed E-state index contributed by atoms with van der Waals surface area (Å²) in [5.41, 5.74) is 6.94. The van der Waals surface area contributed by atoms with Crippen molar-refractivity contribution in [2.45, 2.75) is 38.9 Å². The molecular formula is C17H26Cl2N4OS. The van der Waals surface area contributed by atoms with Crippen molar-refractivity contribution in [3.63, 3.8) is 0 Å². The number of hydrogen-bond donors (Lipinski definition) is 3. The molecule has 0 aliphatic heterocycles. The molecule has 4 N–H and O–H groups in total. The number of halogens is 2. The van der Waals surface area contributed by atoms with Gasteiger partial charge in [0.25, 0.3) is 5.91 Å². The Morgan fingerprint density at radius 3 is 2.48 bits per heavy atom. The van der Waals surface area contributed by atoms with Gasteiger partial charge in [0.15, 0.2) is 0 Å². The minimum absolute atomic E-state index is 0. The molecule has 0 saturated carbocycles. The standard InChI is InChI=1S/C17H24N4OS.2ClH/c1-12(13-7-5-4-6-8-13)21-17(2,3)11-19-16(22)14-10-23-15(9-18)20-14;;/h4-8,10,12,21H,9,11,18H2,1-3H3,(H,19,22);2*1H. The van der Waals surface area contributed by atoms with E-state index in [0.29, 0.717) is 18.8 Å². The summed E-state index contributed by atoms with van der Waals surface area (Å²) in [4.78, 5) is 16.3. The number of carbonyl (C=O) groups is 1. The Labute approximate surface area is 165 Å². The van der Waals surface area contributed by atoms with Crippen molar-refractivity contribution in [2.75, 3.05) is 6.54 Å². The number of hydrogen-bond acceptors (Lipinski definition) is 5. The predicted octanol–water partition coefficient (Wildman–Crippen LogP) is 3.30. The van der Waals surface area contributed by atoms with Crippen molar-refractivity contribution < 1.29 is 4.79 Å². The third kappa shape index (κ3) is 7.30. The van der Waals surface area contributed by atoms with Crippen LogP contribution in [0, 0.1) is 0 Å². The van der Waals surface area contributed by atoms with Crippen molar-refractivity contribution in [1.82, 2.24) is 15.6 Å². The topological polar surface area (TPSA) is 80.0 Å². The molecule has 2 aromatic rings. The number of aromatic nitrogens is 1. The summed E-state index contributed by atoms with van der Waals surface area (Å²) in [5, 5.41) is 8.99. The van der Waals surface area contributed by atoms with E-state index in [1.165, 1.54) is 16.9 Å². The molecule has 1 amide bonds. The Morgan fingerprint density at radius 1 is 1.28 bits per heavy atom. The molecule has 1 atom stereocenters. The van der Waals surface area contributed by atoms with Crippen molar-refractivity contribution in [3.8, 4) is 0 Å². The highest BCUT2D eigenvalue weighted by atomic mass is 35.5. The zero-order valence-electron chi connectivity index (χ0n) is 14.6. The fourth-order valence-electron chi connectivity index (χ4n) is 2.36. The average molecular weight is 405 g/mol. The second-order valence-electron chi connectivity index (χ2n) is 6.17. The smallest absolute Gasteiger partial charge is 0.270 e. The van der Waals surface area contributed by atoms with Gasteiger partial charge in [0, 0.05) is 30.1 Å². The number of amides is 1. The van der Waals surface area contributed by atoms with Crippen LogP contribution < -0.4 is 16.4 Å². The summed E-state index contributed by atoms with van der Waals surface area (Å²) in [5.74, 6) is -0.164. The maximum atomic E-state index is 12.1. The third-order valence-corrected chi connectivity index (χ3v) is 4.43. The zero-order valence-corrected chi connectivity index (χ0v) is 17.1. The van der Waals surface area contributed by atoms with E-state index in [-0.39, 0.29) is 42.3 Å². The molecule has 0 aliphatic rings. The maximum Gasteiger partial charge on any atom is 0.270 e. The fraction of sp³-hybridized carbons (Fsp3) is 0.412. The van der Waals surface area contributed by atoms with Gasteiger partial charge in [-0.3, -0.25) is 4.79 Å². The molecular weight excluding hydrogens is 379 g/mol. The molecule has 8 heteroatoms. The molecule has 1 unspecified atom stereocenters. The normalized spacial score (nSPS) is 11.8. The van der Waals surface area contributed by atoms with Crippen molar-refractivity contribution >= 4 is 42.1 Å². The van der Waals surface area contributed by atoms with Crippen LogP contribution in [0.1, 0.15) is 47.9 Å². The molecule has 0 saturated heterocycles. The molecule has 2 rings (SSSR count). The molecule has 0 aliphatic carbocycles. The van der Waals surface area contributed by atoms with Crippen LogP contribution in [0.25, 0.3) is 0 Å². The van der Waals surface area contributed by atoms with Crippen molar-refractivity contribution in [1.29, 1.82) is 0 Å². The summed E-state index contributed by atoms with van der Waals surface area (Å²) >= 11 is 1.41. The number of carbonyl (C=O) groups excluding carboxylic acids is 1. The second-order valence-corrected chi connectivity index (χ2v) is 7.12. The van der Waals surface area contributed by atoms with E-state index in [1.54, 1.807) is 5.38 Å². The van der Waals surface area contributed by atoms with E-state index in [1.807, 2.05) is 18.2 Å². The van der Waals surface area contributed by atoms with Crippen LogP contribution in [0.15, 0.2) is 35.7 Å². The lowest BCUT2D eigenvalue weighted by Gasteiger charge is -2.30. The Balaban J connectivity index is 0.00000288. The minimum Gasteiger partial charge on any atom is -0.349 e. The van der Waals surface area contributed by atoms with Gasteiger partial charge in [0.1, 0.15) is 10.7 Å². The van der Waals surface area contributed by atoms with Crippen LogP contribution in [-0.2, 0) is 6.54 Å². The van der Waals surface area contributed by atoms with Crippen LogP contribution in [-0.4, -0.2) is 23.0 Å². The van der Waals surface area contributed by atoms with Gasteiger partial charge in [-0.1, -0.05) is 30.3 Å². The van der Waals surface area contributed by atoms with Gasteiger partial charge in [-0.05, 0) is 26.3 Å². The van der Waals surface area contributed by atoms with Crippen LogP contribution in [0.3, 0.4) is 0 Å². The molecule has 0 fully saturated rings. The number of rotatable bonds is 7. The summed E-state index contributed by atoms with van der Waals surface area (Å²) in [6.45, 7) is 7.13. The fourth-order valence-corrected chi connectivity index (χ4v) is 3.02. The summed E-state index contributed by atoms with van der Waals surface area (Å²) < 4.78 is 0. The summed E-state index contributed by atoms with van der Waals surface area (Å²) in [7, 11) is 0. The molecule has 1 aromatic carbocycles.